The lowest BCUT2D eigenvalue weighted by molar-refractivity contribution is -0.386. The minimum atomic E-state index is -0.764. The Morgan fingerprint density at radius 2 is 1.79 bits per heavy atom. The first-order chi connectivity index (χ1) is 11.4. The summed E-state index contributed by atoms with van der Waals surface area (Å²) in [4.78, 5) is 34.1. The van der Waals surface area contributed by atoms with Crippen LogP contribution in [0, 0.1) is 10.1 Å². The van der Waals surface area contributed by atoms with Crippen molar-refractivity contribution < 1.29 is 24.0 Å². The number of carbonyl (C=O) groups excluding carboxylic acids is 2. The number of nitrogens with zero attached hydrogens (tertiary/aromatic N) is 1. The molecule has 7 nitrogen and oxygen atoms in total. The lowest BCUT2D eigenvalue weighted by Gasteiger charge is -2.11. The second kappa shape index (κ2) is 7.36. The first-order valence-corrected chi connectivity index (χ1v) is 7.02. The van der Waals surface area contributed by atoms with Crippen LogP contribution in [-0.2, 0) is 11.3 Å². The molecule has 0 spiro atoms. The molecule has 0 N–H and O–H groups in total. The number of carbonyl (C=O) groups is 2. The third-order valence-corrected chi connectivity index (χ3v) is 3.32. The number of ketones is 1. The van der Waals surface area contributed by atoms with Gasteiger partial charge in [0.15, 0.2) is 11.5 Å². The average molecular weight is 329 g/mol. The van der Waals surface area contributed by atoms with Crippen LogP contribution >= 0.6 is 0 Å². The van der Waals surface area contributed by atoms with E-state index in [0.29, 0.717) is 0 Å². The van der Waals surface area contributed by atoms with Crippen molar-refractivity contribution in [3.8, 4) is 5.75 Å². The summed E-state index contributed by atoms with van der Waals surface area (Å²) in [5.41, 5.74) is 0.269. The fourth-order valence-corrected chi connectivity index (χ4v) is 2.13. The van der Waals surface area contributed by atoms with Crippen molar-refractivity contribution in [3.05, 3.63) is 69.3 Å². The summed E-state index contributed by atoms with van der Waals surface area (Å²) in [7, 11) is 1.16. The Balaban J connectivity index is 2.46. The zero-order valence-electron chi connectivity index (χ0n) is 13.1. The molecule has 0 aliphatic carbocycles. The molecular formula is C17H15NO6. The maximum Gasteiger partial charge on any atom is 0.338 e. The van der Waals surface area contributed by atoms with Gasteiger partial charge in [-0.05, 0) is 12.5 Å². The summed E-state index contributed by atoms with van der Waals surface area (Å²) in [5.74, 6) is -1.35. The molecule has 0 fully saturated rings. The molecule has 0 saturated heterocycles. The number of methoxy groups -OCH3 is 1. The van der Waals surface area contributed by atoms with Crippen LogP contribution in [-0.4, -0.2) is 23.8 Å². The van der Waals surface area contributed by atoms with E-state index in [1.165, 1.54) is 13.0 Å². The summed E-state index contributed by atoms with van der Waals surface area (Å²) >= 11 is 0. The van der Waals surface area contributed by atoms with Gasteiger partial charge in [-0.1, -0.05) is 30.3 Å². The highest BCUT2D eigenvalue weighted by atomic mass is 16.6. The van der Waals surface area contributed by atoms with E-state index in [-0.39, 0.29) is 29.2 Å². The summed E-state index contributed by atoms with van der Waals surface area (Å²) in [6.45, 7) is 1.30. The third kappa shape index (κ3) is 3.75. The van der Waals surface area contributed by atoms with Crippen LogP contribution < -0.4 is 4.74 Å². The number of benzene rings is 2. The monoisotopic (exact) mass is 329 g/mol. The van der Waals surface area contributed by atoms with Crippen LogP contribution in [0.15, 0.2) is 42.5 Å². The largest absolute Gasteiger partial charge is 0.482 e. The van der Waals surface area contributed by atoms with Crippen LogP contribution in [0.5, 0.6) is 5.75 Å². The fourth-order valence-electron chi connectivity index (χ4n) is 2.13. The molecule has 24 heavy (non-hydrogen) atoms. The van der Waals surface area contributed by atoms with Crippen LogP contribution in [0.3, 0.4) is 0 Å². The van der Waals surface area contributed by atoms with Crippen molar-refractivity contribution in [2.75, 3.05) is 7.11 Å². The molecular weight excluding hydrogens is 314 g/mol. The molecule has 0 aromatic heterocycles. The predicted molar refractivity (Wildman–Crippen MR) is 85.2 cm³/mol. The highest BCUT2D eigenvalue weighted by Gasteiger charge is 2.25. The molecule has 0 radical (unpaired) electrons. The van der Waals surface area contributed by atoms with Crippen LogP contribution in [0.2, 0.25) is 0 Å². The molecule has 2 aromatic rings. The predicted octanol–water partition coefficient (Wildman–Crippen LogP) is 3.16. The van der Waals surface area contributed by atoms with Crippen molar-refractivity contribution in [3.63, 3.8) is 0 Å². The molecule has 2 aromatic carbocycles. The van der Waals surface area contributed by atoms with E-state index >= 15 is 0 Å². The zero-order chi connectivity index (χ0) is 17.7. The van der Waals surface area contributed by atoms with Crippen molar-refractivity contribution >= 4 is 17.4 Å². The Labute approximate surface area is 138 Å². The average Bonchev–Trinajstić information content (AvgIpc) is 2.59. The number of esters is 1. The highest BCUT2D eigenvalue weighted by Crippen LogP contribution is 2.32. The van der Waals surface area contributed by atoms with Gasteiger partial charge < -0.3 is 9.47 Å². The maximum absolute atomic E-state index is 11.8. The van der Waals surface area contributed by atoms with Crippen LogP contribution in [0.25, 0.3) is 0 Å². The number of nitro groups is 1. The molecule has 0 unspecified atom stereocenters. The summed E-state index contributed by atoms with van der Waals surface area (Å²) in [6, 6.07) is 11.3. The van der Waals surface area contributed by atoms with Gasteiger partial charge in [-0.2, -0.15) is 0 Å². The van der Waals surface area contributed by atoms with E-state index in [9.17, 15) is 19.7 Å². The second-order valence-corrected chi connectivity index (χ2v) is 4.94. The maximum atomic E-state index is 11.8. The topological polar surface area (TPSA) is 95.7 Å². The van der Waals surface area contributed by atoms with Gasteiger partial charge in [0.25, 0.3) is 0 Å². The lowest BCUT2D eigenvalue weighted by Crippen LogP contribution is -2.11. The molecule has 0 amide bonds. The first-order valence-electron chi connectivity index (χ1n) is 7.02. The summed E-state index contributed by atoms with van der Waals surface area (Å²) in [5, 5.41) is 11.3. The molecule has 0 heterocycles. The normalized spacial score (nSPS) is 10.1. The number of nitro benzene ring substituents is 1. The van der Waals surface area contributed by atoms with Gasteiger partial charge >= 0.3 is 11.7 Å². The molecule has 0 atom stereocenters. The van der Waals surface area contributed by atoms with Crippen molar-refractivity contribution in [2.45, 2.75) is 13.5 Å². The number of Topliss-reactive ketones (excluding diaryl/α,β-unsaturated/α-hetero) is 1. The van der Waals surface area contributed by atoms with Gasteiger partial charge in [0.05, 0.1) is 17.6 Å². The van der Waals surface area contributed by atoms with Gasteiger partial charge in [0, 0.05) is 17.7 Å². The standard InChI is InChI=1S/C17H15NO6/c1-11(19)13-8-15(18(21)22)16(9-14(13)17(20)23-2)24-10-12-6-4-3-5-7-12/h3-9H,10H2,1-2H3. The number of rotatable bonds is 6. The van der Waals surface area contributed by atoms with E-state index in [0.717, 1.165) is 18.7 Å². The Morgan fingerprint density at radius 1 is 1.12 bits per heavy atom. The van der Waals surface area contributed by atoms with Crippen molar-refractivity contribution in [1.29, 1.82) is 0 Å². The number of hydrogen-bond acceptors (Lipinski definition) is 6. The minimum absolute atomic E-state index is 0.0707. The lowest BCUT2D eigenvalue weighted by atomic mass is 10.0. The molecule has 7 heteroatoms. The van der Waals surface area contributed by atoms with Crippen molar-refractivity contribution in [2.24, 2.45) is 0 Å². The van der Waals surface area contributed by atoms with E-state index in [4.69, 9.17) is 4.74 Å². The quantitative estimate of drug-likeness (QED) is 0.349. The smallest absolute Gasteiger partial charge is 0.338 e. The van der Waals surface area contributed by atoms with E-state index in [1.807, 2.05) is 18.2 Å². The van der Waals surface area contributed by atoms with Gasteiger partial charge in [-0.25, -0.2) is 4.79 Å². The molecule has 0 aliphatic heterocycles. The van der Waals surface area contributed by atoms with E-state index in [1.54, 1.807) is 12.1 Å². The van der Waals surface area contributed by atoms with Gasteiger partial charge in [0.1, 0.15) is 6.61 Å². The summed E-state index contributed by atoms with van der Waals surface area (Å²) < 4.78 is 10.1. The van der Waals surface area contributed by atoms with Crippen LogP contribution in [0.1, 0.15) is 33.2 Å². The molecule has 0 aliphatic rings. The van der Waals surface area contributed by atoms with Gasteiger partial charge in [-0.15, -0.1) is 0 Å². The number of hydrogen-bond donors (Lipinski definition) is 0. The zero-order valence-corrected chi connectivity index (χ0v) is 13.1. The van der Waals surface area contributed by atoms with E-state index in [2.05, 4.69) is 4.74 Å². The Bertz CT molecular complexity index is 785. The van der Waals surface area contributed by atoms with Crippen LogP contribution in [0.4, 0.5) is 5.69 Å². The molecule has 0 saturated carbocycles. The van der Waals surface area contributed by atoms with Gasteiger partial charge in [-0.3, -0.25) is 14.9 Å². The Kier molecular flexibility index (Phi) is 5.26. The fraction of sp³-hybridized carbons (Fsp3) is 0.176. The Morgan fingerprint density at radius 3 is 2.33 bits per heavy atom. The summed E-state index contributed by atoms with van der Waals surface area (Å²) in [6.07, 6.45) is 0. The van der Waals surface area contributed by atoms with E-state index < -0.39 is 16.7 Å². The van der Waals surface area contributed by atoms with Gasteiger partial charge in [0.2, 0.25) is 0 Å². The third-order valence-electron chi connectivity index (χ3n) is 3.32. The van der Waals surface area contributed by atoms with Crippen molar-refractivity contribution in [1.82, 2.24) is 0 Å². The second-order valence-electron chi connectivity index (χ2n) is 4.94. The number of ether oxygens (including phenoxy) is 2. The highest BCUT2D eigenvalue weighted by molar-refractivity contribution is 6.06. The first kappa shape index (κ1) is 17.1. The SMILES string of the molecule is COC(=O)c1cc(OCc2ccccc2)c([N+](=O)[O-])cc1C(C)=O. The molecule has 0 bridgehead atoms. The minimum Gasteiger partial charge on any atom is -0.482 e. The Hall–Kier alpha value is -3.22. The molecule has 2 rings (SSSR count). The molecule has 124 valence electrons.